The molecule has 5 aromatic rings. The van der Waals surface area contributed by atoms with Crippen LogP contribution in [-0.2, 0) is 24.6 Å². The molecule has 0 aromatic heterocycles. The highest BCUT2D eigenvalue weighted by Crippen LogP contribution is 2.65. The highest BCUT2D eigenvalue weighted by atomic mass is 35.5. The lowest BCUT2D eigenvalue weighted by atomic mass is 9.48. The van der Waals surface area contributed by atoms with Gasteiger partial charge in [0.25, 0.3) is 11.8 Å². The van der Waals surface area contributed by atoms with E-state index in [0.29, 0.717) is 38.7 Å². The average Bonchev–Trinajstić information content (AvgIpc) is 3.57. The number of carbonyl (C=O) groups excluding carboxylic acids is 4. The van der Waals surface area contributed by atoms with E-state index in [1.807, 2.05) is 42.5 Å². The third-order valence-corrected chi connectivity index (χ3v) is 12.4. The van der Waals surface area contributed by atoms with Gasteiger partial charge in [-0.1, -0.05) is 95.5 Å². The number of aromatic hydroxyl groups is 1. The Bertz CT molecular complexity index is 2440. The van der Waals surface area contributed by atoms with Crippen molar-refractivity contribution in [3.05, 3.63) is 142 Å². The molecular formula is C43H33Cl2N3O6. The van der Waals surface area contributed by atoms with Gasteiger partial charge in [0.2, 0.25) is 11.8 Å². The van der Waals surface area contributed by atoms with E-state index in [-0.39, 0.29) is 35.4 Å². The zero-order valence-corrected chi connectivity index (χ0v) is 30.4. The van der Waals surface area contributed by atoms with Gasteiger partial charge >= 0.3 is 0 Å². The number of nitrogens with one attached hydrogen (secondary N) is 1. The van der Waals surface area contributed by atoms with E-state index in [2.05, 4.69) is 5.43 Å². The minimum atomic E-state index is -1.61. The molecular weight excluding hydrogens is 725 g/mol. The summed E-state index contributed by atoms with van der Waals surface area (Å²) < 4.78 is 5.50. The third-order valence-electron chi connectivity index (χ3n) is 11.8. The van der Waals surface area contributed by atoms with E-state index in [9.17, 15) is 14.7 Å². The van der Waals surface area contributed by atoms with Crippen molar-refractivity contribution >= 4 is 69.0 Å². The van der Waals surface area contributed by atoms with Crippen molar-refractivity contribution < 1.29 is 29.0 Å². The molecule has 0 bridgehead atoms. The normalized spacial score (nSPS) is 26.1. The number of anilines is 2. The van der Waals surface area contributed by atoms with Crippen LogP contribution in [0.2, 0.25) is 10.0 Å². The minimum absolute atomic E-state index is 0.0545. The Hall–Kier alpha value is -5.64. The summed E-state index contributed by atoms with van der Waals surface area (Å²) in [6.07, 6.45) is 2.32. The second-order valence-electron chi connectivity index (χ2n) is 14.3. The van der Waals surface area contributed by atoms with Crippen molar-refractivity contribution in [2.24, 2.45) is 23.7 Å². The van der Waals surface area contributed by atoms with Gasteiger partial charge in [-0.2, -0.15) is 5.01 Å². The number of hydrogen-bond acceptors (Lipinski definition) is 7. The summed E-state index contributed by atoms with van der Waals surface area (Å²) in [6.45, 7) is 0. The second-order valence-corrected chi connectivity index (χ2v) is 15.1. The van der Waals surface area contributed by atoms with Crippen LogP contribution in [0.1, 0.15) is 29.9 Å². The van der Waals surface area contributed by atoms with Crippen molar-refractivity contribution in [2.75, 3.05) is 17.4 Å². The molecule has 0 radical (unpaired) electrons. The van der Waals surface area contributed by atoms with Crippen LogP contribution in [0.25, 0.3) is 10.8 Å². The number of amides is 4. The number of halogens is 2. The molecule has 4 amide bonds. The number of phenols is 1. The lowest BCUT2D eigenvalue weighted by Crippen LogP contribution is -2.53. The zero-order chi connectivity index (χ0) is 37.5. The molecule has 2 saturated heterocycles. The molecule has 0 spiro atoms. The monoisotopic (exact) mass is 757 g/mol. The molecule has 54 heavy (non-hydrogen) atoms. The van der Waals surface area contributed by atoms with Gasteiger partial charge in [0.15, 0.2) is 0 Å². The van der Waals surface area contributed by atoms with E-state index in [4.69, 9.17) is 27.9 Å². The van der Waals surface area contributed by atoms with E-state index in [0.717, 1.165) is 16.0 Å². The molecule has 0 unspecified atom stereocenters. The maximum atomic E-state index is 15.6. The molecule has 270 valence electrons. The molecule has 11 heteroatoms. The lowest BCUT2D eigenvalue weighted by molar-refractivity contribution is -0.138. The maximum absolute atomic E-state index is 15.6. The summed E-state index contributed by atoms with van der Waals surface area (Å²) in [4.78, 5) is 60.6. The third kappa shape index (κ3) is 4.84. The van der Waals surface area contributed by atoms with Gasteiger partial charge in [-0.3, -0.25) is 29.5 Å². The van der Waals surface area contributed by atoms with Crippen LogP contribution < -0.4 is 15.1 Å². The van der Waals surface area contributed by atoms with Crippen LogP contribution in [0.4, 0.5) is 11.4 Å². The van der Waals surface area contributed by atoms with Crippen molar-refractivity contribution in [3.63, 3.8) is 0 Å². The van der Waals surface area contributed by atoms with Crippen molar-refractivity contribution in [3.8, 4) is 11.5 Å². The first-order chi connectivity index (χ1) is 26.1. The second kappa shape index (κ2) is 12.7. The van der Waals surface area contributed by atoms with Gasteiger partial charge in [0.05, 0.1) is 46.7 Å². The summed E-state index contributed by atoms with van der Waals surface area (Å²) in [5.74, 6) is -5.23. The van der Waals surface area contributed by atoms with Gasteiger partial charge in [-0.25, -0.2) is 0 Å². The number of phenolic OH excluding ortho intramolecular Hbond substituents is 1. The molecule has 4 aliphatic rings. The van der Waals surface area contributed by atoms with E-state index in [1.165, 1.54) is 11.0 Å². The fourth-order valence-electron chi connectivity index (χ4n) is 9.58. The number of hydrazine groups is 1. The highest BCUT2D eigenvalue weighted by molar-refractivity contribution is 6.36. The maximum Gasteiger partial charge on any atom is 0.260 e. The number of rotatable bonds is 6. The van der Waals surface area contributed by atoms with Crippen molar-refractivity contribution in [1.29, 1.82) is 0 Å². The van der Waals surface area contributed by atoms with Gasteiger partial charge in [0, 0.05) is 16.5 Å². The molecule has 9 nitrogen and oxygen atoms in total. The van der Waals surface area contributed by atoms with Crippen LogP contribution in [-0.4, -0.2) is 40.9 Å². The van der Waals surface area contributed by atoms with E-state index >= 15 is 9.59 Å². The molecule has 5 aromatic carbocycles. The van der Waals surface area contributed by atoms with E-state index in [1.54, 1.807) is 73.8 Å². The number of carbonyl (C=O) groups is 4. The smallest absolute Gasteiger partial charge is 0.260 e. The summed E-state index contributed by atoms with van der Waals surface area (Å²) in [5, 5.41) is 15.1. The lowest BCUT2D eigenvalue weighted by Gasteiger charge is -2.51. The quantitative estimate of drug-likeness (QED) is 0.133. The molecule has 2 aliphatic carbocycles. The number of allylic oxidation sites excluding steroid dienone is 2. The van der Waals surface area contributed by atoms with Crippen LogP contribution in [0, 0.1) is 23.7 Å². The molecule has 6 atom stereocenters. The number of ether oxygens (including phenoxy) is 1. The Kier molecular flexibility index (Phi) is 8.06. The number of nitrogens with zero attached hydrogens (tertiary/aromatic N) is 2. The first-order valence-corrected chi connectivity index (χ1v) is 18.5. The Balaban J connectivity index is 1.30. The fourth-order valence-corrected chi connectivity index (χ4v) is 10.0. The summed E-state index contributed by atoms with van der Waals surface area (Å²) in [6, 6.07) is 31.6. The highest BCUT2D eigenvalue weighted by Gasteiger charge is 2.71. The van der Waals surface area contributed by atoms with E-state index < -0.39 is 46.8 Å². The van der Waals surface area contributed by atoms with Gasteiger partial charge < -0.3 is 9.84 Å². The Morgan fingerprint density at radius 2 is 1.56 bits per heavy atom. The summed E-state index contributed by atoms with van der Waals surface area (Å²) in [5.41, 5.74) is 3.92. The van der Waals surface area contributed by atoms with Crippen LogP contribution in [0.3, 0.4) is 0 Å². The van der Waals surface area contributed by atoms with Crippen molar-refractivity contribution in [1.82, 2.24) is 5.01 Å². The minimum Gasteiger partial charge on any atom is -0.508 e. The first-order valence-electron chi connectivity index (χ1n) is 17.7. The van der Waals surface area contributed by atoms with Crippen molar-refractivity contribution in [2.45, 2.75) is 24.2 Å². The molecule has 3 fully saturated rings. The topological polar surface area (TPSA) is 116 Å². The van der Waals surface area contributed by atoms with Gasteiger partial charge in [-0.05, 0) is 83.6 Å². The number of hydrogen-bond donors (Lipinski definition) is 2. The number of fused-ring (bicyclic) bond motifs is 5. The summed E-state index contributed by atoms with van der Waals surface area (Å²) >= 11 is 12.8. The van der Waals surface area contributed by atoms with Crippen LogP contribution >= 0.6 is 23.2 Å². The molecule has 1 saturated carbocycles. The summed E-state index contributed by atoms with van der Waals surface area (Å²) in [7, 11) is 1.55. The Morgan fingerprint density at radius 1 is 0.815 bits per heavy atom. The molecule has 9 rings (SSSR count). The fraction of sp³-hybridized carbons (Fsp3) is 0.209. The predicted octanol–water partition coefficient (Wildman–Crippen LogP) is 8.05. The largest absolute Gasteiger partial charge is 0.508 e. The predicted molar refractivity (Wildman–Crippen MR) is 205 cm³/mol. The number of para-hydroxylation sites is 1. The number of benzene rings is 5. The molecule has 2 N–H and O–H groups in total. The van der Waals surface area contributed by atoms with Crippen LogP contribution in [0.15, 0.2) is 121 Å². The van der Waals surface area contributed by atoms with Gasteiger partial charge in [0.1, 0.15) is 11.5 Å². The number of methoxy groups -OCH3 is 1. The zero-order valence-electron chi connectivity index (χ0n) is 28.9. The van der Waals surface area contributed by atoms with Crippen LogP contribution in [0.5, 0.6) is 11.5 Å². The SMILES string of the molecule is COc1ccc([C@@]23C(=O)N(Nc4ccc(Cl)cc4Cl)C(=O)[C@@H]2C[C@@H]2C(=CC[C@@H]4C(=O)N(c5ccccc5)C(=O)[C@@H]42)[C@@H]3c2c(O)ccc3ccccc23)cc1. The average molecular weight is 759 g/mol. The molecule has 2 aliphatic heterocycles. The molecule has 2 heterocycles. The number of imide groups is 2. The van der Waals surface area contributed by atoms with Gasteiger partial charge in [-0.15, -0.1) is 0 Å². The Labute approximate surface area is 320 Å². The standard InChI is InChI=1S/C43H33Cl2N3O6/c1-54-27-15-12-24(13-16-27)43-32(40(51)48(42(43)53)46-34-19-14-25(44)21-33(34)45)22-31-29(38(43)37-28-10-6-5-7-23(28)11-20-35(37)49)17-18-30-36(31)41(52)47(39(30)50)26-8-3-2-4-9-26/h2-17,19-21,30-32,36,38,46,49H,18,22H2,1H3/t30-,31+,32-,36-,38+,43+/m0/s1. The Morgan fingerprint density at radius 3 is 2.30 bits per heavy atom. The first kappa shape index (κ1) is 34.1.